The first kappa shape index (κ1) is 17.7. The summed E-state index contributed by atoms with van der Waals surface area (Å²) in [5.41, 5.74) is 6.21. The van der Waals surface area contributed by atoms with Crippen LogP contribution in [0, 0.1) is 0 Å². The van der Waals surface area contributed by atoms with E-state index in [1.807, 2.05) is 11.0 Å². The number of pyridine rings is 2. The predicted octanol–water partition coefficient (Wildman–Crippen LogP) is 0.724. The fourth-order valence-corrected chi connectivity index (χ4v) is 3.21. The summed E-state index contributed by atoms with van der Waals surface area (Å²) in [5.74, 6) is 0.559. The second-order valence-corrected chi connectivity index (χ2v) is 6.37. The summed E-state index contributed by atoms with van der Waals surface area (Å²) in [4.78, 5) is 41.0. The van der Waals surface area contributed by atoms with Gasteiger partial charge in [0.2, 0.25) is 0 Å². The summed E-state index contributed by atoms with van der Waals surface area (Å²) >= 11 is 0. The zero-order valence-electron chi connectivity index (χ0n) is 15.1. The van der Waals surface area contributed by atoms with Crippen molar-refractivity contribution in [1.82, 2.24) is 24.4 Å². The average Bonchev–Trinajstić information content (AvgIpc) is 3.28. The molecule has 0 radical (unpaired) electrons. The molecule has 28 heavy (non-hydrogen) atoms. The Hall–Kier alpha value is -3.75. The lowest BCUT2D eigenvalue weighted by molar-refractivity contribution is 0.0740. The minimum absolute atomic E-state index is 0.127. The van der Waals surface area contributed by atoms with Gasteiger partial charge in [-0.2, -0.15) is 0 Å². The van der Waals surface area contributed by atoms with Crippen molar-refractivity contribution < 1.29 is 9.59 Å². The molecule has 0 unspecified atom stereocenters. The van der Waals surface area contributed by atoms with Gasteiger partial charge in [0.1, 0.15) is 23.7 Å². The van der Waals surface area contributed by atoms with E-state index in [4.69, 9.17) is 5.73 Å². The molecular weight excluding hydrogens is 358 g/mol. The van der Waals surface area contributed by atoms with Crippen molar-refractivity contribution in [2.45, 2.75) is 0 Å². The number of piperazine rings is 1. The zero-order chi connectivity index (χ0) is 19.5. The van der Waals surface area contributed by atoms with Gasteiger partial charge >= 0.3 is 0 Å². The van der Waals surface area contributed by atoms with Crippen LogP contribution in [0.5, 0.6) is 0 Å². The maximum absolute atomic E-state index is 12.9. The molecule has 1 fully saturated rings. The van der Waals surface area contributed by atoms with Gasteiger partial charge in [-0.25, -0.2) is 15.0 Å². The Balaban J connectivity index is 1.47. The normalized spacial score (nSPS) is 14.1. The molecule has 3 aromatic heterocycles. The number of hydrogen-bond acceptors (Lipinski definition) is 6. The van der Waals surface area contributed by atoms with Crippen molar-refractivity contribution in [1.29, 1.82) is 0 Å². The largest absolute Gasteiger partial charge is 0.365 e. The first-order valence-corrected chi connectivity index (χ1v) is 8.88. The molecule has 2 amide bonds. The van der Waals surface area contributed by atoms with E-state index in [0.29, 0.717) is 49.1 Å². The van der Waals surface area contributed by atoms with Crippen LogP contribution >= 0.6 is 0 Å². The number of carbonyl (C=O) groups is 2. The van der Waals surface area contributed by atoms with E-state index in [-0.39, 0.29) is 5.91 Å². The number of nitrogens with zero attached hydrogens (tertiary/aromatic N) is 6. The molecule has 2 N–H and O–H groups in total. The fourth-order valence-electron chi connectivity index (χ4n) is 3.21. The number of aromatic nitrogens is 4. The molecule has 1 aliphatic heterocycles. The first-order chi connectivity index (χ1) is 13.6. The Kier molecular flexibility index (Phi) is 4.71. The number of imidazole rings is 1. The van der Waals surface area contributed by atoms with Gasteiger partial charge in [0.05, 0.1) is 5.56 Å². The van der Waals surface area contributed by atoms with E-state index >= 15 is 0 Å². The number of rotatable bonds is 4. The van der Waals surface area contributed by atoms with Crippen LogP contribution in [0.15, 0.2) is 55.2 Å². The monoisotopic (exact) mass is 377 g/mol. The highest BCUT2D eigenvalue weighted by molar-refractivity contribution is 5.97. The molecule has 0 aliphatic carbocycles. The minimum atomic E-state index is -0.512. The number of hydrogen-bond donors (Lipinski definition) is 1. The summed E-state index contributed by atoms with van der Waals surface area (Å²) in [7, 11) is 0. The lowest BCUT2D eigenvalue weighted by atomic mass is 10.2. The van der Waals surface area contributed by atoms with E-state index in [2.05, 4.69) is 15.0 Å². The summed E-state index contributed by atoms with van der Waals surface area (Å²) in [6.07, 6.45) is 6.70. The molecule has 0 spiro atoms. The number of anilines is 1. The molecule has 4 rings (SSSR count). The van der Waals surface area contributed by atoms with E-state index in [9.17, 15) is 9.59 Å². The molecule has 0 bridgehead atoms. The molecule has 4 heterocycles. The van der Waals surface area contributed by atoms with Crippen molar-refractivity contribution in [3.63, 3.8) is 0 Å². The van der Waals surface area contributed by atoms with Gasteiger partial charge in [-0.3, -0.25) is 14.2 Å². The van der Waals surface area contributed by atoms with E-state index in [1.165, 1.54) is 0 Å². The van der Waals surface area contributed by atoms with Crippen LogP contribution in [0.3, 0.4) is 0 Å². The number of carbonyl (C=O) groups excluding carboxylic acids is 2. The van der Waals surface area contributed by atoms with Crippen LogP contribution in [-0.4, -0.2) is 62.4 Å². The van der Waals surface area contributed by atoms with Crippen molar-refractivity contribution in [2.75, 3.05) is 31.1 Å². The first-order valence-electron chi connectivity index (χ1n) is 8.88. The molecule has 0 saturated carbocycles. The molecule has 142 valence electrons. The Bertz CT molecular complexity index is 995. The molecule has 9 nitrogen and oxygen atoms in total. The highest BCUT2D eigenvalue weighted by Gasteiger charge is 2.25. The van der Waals surface area contributed by atoms with Crippen LogP contribution in [0.4, 0.5) is 5.82 Å². The van der Waals surface area contributed by atoms with Crippen LogP contribution in [0.2, 0.25) is 0 Å². The fraction of sp³-hybridized carbons (Fsp3) is 0.211. The molecule has 9 heteroatoms. The molecule has 1 saturated heterocycles. The highest BCUT2D eigenvalue weighted by Crippen LogP contribution is 2.19. The summed E-state index contributed by atoms with van der Waals surface area (Å²) in [6, 6.07) is 8.68. The van der Waals surface area contributed by atoms with Crippen molar-refractivity contribution in [2.24, 2.45) is 5.73 Å². The van der Waals surface area contributed by atoms with Gasteiger partial charge in [0, 0.05) is 44.8 Å². The lowest BCUT2D eigenvalue weighted by Crippen LogP contribution is -2.49. The van der Waals surface area contributed by atoms with Crippen LogP contribution in [0.25, 0.3) is 5.82 Å². The number of nitrogens with two attached hydrogens (primary N) is 1. The van der Waals surface area contributed by atoms with E-state index in [0.717, 1.165) is 0 Å². The standard InChI is InChI=1S/C19H19N7O2/c20-17(27)14-3-2-6-22-18(14)24-9-11-25(12-10-24)19(28)15-4-1-5-16(23-15)26-8-7-21-13-26/h1-8,13H,9-12H2,(H2,20,27). The van der Waals surface area contributed by atoms with Crippen molar-refractivity contribution in [3.05, 3.63) is 66.5 Å². The molecule has 0 atom stereocenters. The van der Waals surface area contributed by atoms with E-state index in [1.54, 1.807) is 58.7 Å². The third kappa shape index (κ3) is 3.41. The maximum Gasteiger partial charge on any atom is 0.272 e. The highest BCUT2D eigenvalue weighted by atomic mass is 16.2. The maximum atomic E-state index is 12.9. The van der Waals surface area contributed by atoms with Gasteiger partial charge in [0.15, 0.2) is 0 Å². The van der Waals surface area contributed by atoms with Crippen LogP contribution < -0.4 is 10.6 Å². The summed E-state index contributed by atoms with van der Waals surface area (Å²) in [6.45, 7) is 2.13. The smallest absolute Gasteiger partial charge is 0.272 e. The third-order valence-corrected chi connectivity index (χ3v) is 4.64. The topological polar surface area (TPSA) is 110 Å². The molecule has 1 aliphatic rings. The minimum Gasteiger partial charge on any atom is -0.365 e. The van der Waals surface area contributed by atoms with Crippen molar-refractivity contribution in [3.8, 4) is 5.82 Å². The molecule has 0 aromatic carbocycles. The Morgan fingerprint density at radius 2 is 1.82 bits per heavy atom. The average molecular weight is 377 g/mol. The summed E-state index contributed by atoms with van der Waals surface area (Å²) in [5, 5.41) is 0. The van der Waals surface area contributed by atoms with Gasteiger partial charge in [-0.05, 0) is 24.3 Å². The van der Waals surface area contributed by atoms with Crippen LogP contribution in [-0.2, 0) is 0 Å². The second-order valence-electron chi connectivity index (χ2n) is 6.37. The van der Waals surface area contributed by atoms with E-state index < -0.39 is 5.91 Å². The quantitative estimate of drug-likeness (QED) is 0.717. The number of amides is 2. The predicted molar refractivity (Wildman–Crippen MR) is 102 cm³/mol. The van der Waals surface area contributed by atoms with Crippen LogP contribution in [0.1, 0.15) is 20.8 Å². The lowest BCUT2D eigenvalue weighted by Gasteiger charge is -2.35. The zero-order valence-corrected chi connectivity index (χ0v) is 15.1. The third-order valence-electron chi connectivity index (χ3n) is 4.64. The van der Waals surface area contributed by atoms with Gasteiger partial charge in [-0.15, -0.1) is 0 Å². The SMILES string of the molecule is NC(=O)c1cccnc1N1CCN(C(=O)c2cccc(-n3ccnc3)n2)CC1. The molecule has 3 aromatic rings. The Morgan fingerprint density at radius 3 is 2.54 bits per heavy atom. The Morgan fingerprint density at radius 1 is 1.00 bits per heavy atom. The molecular formula is C19H19N7O2. The summed E-state index contributed by atoms with van der Waals surface area (Å²) < 4.78 is 1.75. The van der Waals surface area contributed by atoms with Gasteiger partial charge < -0.3 is 15.5 Å². The van der Waals surface area contributed by atoms with Gasteiger partial charge in [-0.1, -0.05) is 6.07 Å². The van der Waals surface area contributed by atoms with Gasteiger partial charge in [0.25, 0.3) is 11.8 Å². The Labute approximate surface area is 161 Å². The van der Waals surface area contributed by atoms with Crippen molar-refractivity contribution >= 4 is 17.6 Å². The second kappa shape index (κ2) is 7.47. The number of primary amides is 1.